The predicted octanol–water partition coefficient (Wildman–Crippen LogP) is 3.56. The Labute approximate surface area is 98.9 Å². The van der Waals surface area contributed by atoms with Crippen molar-refractivity contribution < 1.29 is 4.79 Å². The first-order valence-corrected chi connectivity index (χ1v) is 5.51. The fraction of sp³-hybridized carbons (Fsp3) is 0. The summed E-state index contributed by atoms with van der Waals surface area (Å²) in [4.78, 5) is 10.6. The number of carbonyl (C=O) groups excluding carboxylic acids is 1. The minimum atomic E-state index is 0.719. The highest BCUT2D eigenvalue weighted by molar-refractivity contribution is 6.13. The van der Waals surface area contributed by atoms with Gasteiger partial charge in [-0.25, -0.2) is 0 Å². The first-order chi connectivity index (χ1) is 8.40. The van der Waals surface area contributed by atoms with Crippen molar-refractivity contribution in [1.29, 1.82) is 0 Å². The van der Waals surface area contributed by atoms with Crippen molar-refractivity contribution in [3.05, 3.63) is 54.6 Å². The molecule has 0 aliphatic carbocycles. The molecule has 3 rings (SSSR count). The molecule has 3 aromatic rings. The van der Waals surface area contributed by atoms with Gasteiger partial charge in [0.25, 0.3) is 0 Å². The van der Waals surface area contributed by atoms with Crippen molar-refractivity contribution in [2.45, 2.75) is 0 Å². The number of fused-ring (bicyclic) bond motifs is 3. The second kappa shape index (κ2) is 3.91. The third kappa shape index (κ3) is 1.54. The summed E-state index contributed by atoms with van der Waals surface area (Å²) in [6, 6.07) is 18.3. The molecule has 0 fully saturated rings. The van der Waals surface area contributed by atoms with Crippen LogP contribution in [-0.2, 0) is 4.79 Å². The summed E-state index contributed by atoms with van der Waals surface area (Å²) in [5.41, 5.74) is 0.856. The van der Waals surface area contributed by atoms with Crippen LogP contribution in [0.2, 0.25) is 0 Å². The Kier molecular flexibility index (Phi) is 2.26. The van der Waals surface area contributed by atoms with Gasteiger partial charge < -0.3 is 5.32 Å². The molecule has 0 unspecified atom stereocenters. The average molecular weight is 221 g/mol. The molecule has 0 aliphatic rings. The number of carbonyl (C=O) groups is 1. The molecular formula is C15H11NO. The van der Waals surface area contributed by atoms with Crippen LogP contribution >= 0.6 is 0 Å². The van der Waals surface area contributed by atoms with Gasteiger partial charge in [-0.15, -0.1) is 0 Å². The highest BCUT2D eigenvalue weighted by Crippen LogP contribution is 2.31. The van der Waals surface area contributed by atoms with Gasteiger partial charge in [0, 0.05) is 11.1 Å². The molecule has 82 valence electrons. The Morgan fingerprint density at radius 1 is 0.824 bits per heavy atom. The Morgan fingerprint density at radius 2 is 1.47 bits per heavy atom. The van der Waals surface area contributed by atoms with Gasteiger partial charge in [0.15, 0.2) is 0 Å². The molecule has 17 heavy (non-hydrogen) atoms. The lowest BCUT2D eigenvalue weighted by molar-refractivity contribution is -0.105. The Hall–Kier alpha value is -2.35. The van der Waals surface area contributed by atoms with E-state index in [0.717, 1.165) is 28.3 Å². The quantitative estimate of drug-likeness (QED) is 0.520. The van der Waals surface area contributed by atoms with Gasteiger partial charge in [0.2, 0.25) is 6.41 Å². The Balaban J connectivity index is 2.49. The van der Waals surface area contributed by atoms with Crippen molar-refractivity contribution >= 4 is 33.6 Å². The van der Waals surface area contributed by atoms with E-state index in [2.05, 4.69) is 23.5 Å². The van der Waals surface area contributed by atoms with Crippen molar-refractivity contribution in [2.24, 2.45) is 0 Å². The van der Waals surface area contributed by atoms with E-state index in [1.807, 2.05) is 36.4 Å². The summed E-state index contributed by atoms with van der Waals surface area (Å²) in [5.74, 6) is 0. The molecule has 0 aliphatic heterocycles. The molecular weight excluding hydrogens is 210 g/mol. The predicted molar refractivity (Wildman–Crippen MR) is 71.1 cm³/mol. The number of nitrogens with one attached hydrogen (secondary N) is 1. The molecule has 0 saturated carbocycles. The summed E-state index contributed by atoms with van der Waals surface area (Å²) in [5, 5.41) is 7.33. The van der Waals surface area contributed by atoms with E-state index >= 15 is 0 Å². The van der Waals surface area contributed by atoms with E-state index in [1.165, 1.54) is 5.39 Å². The minimum Gasteiger partial charge on any atom is -0.328 e. The topological polar surface area (TPSA) is 29.1 Å². The lowest BCUT2D eigenvalue weighted by Crippen LogP contribution is -1.95. The maximum Gasteiger partial charge on any atom is 0.211 e. The lowest BCUT2D eigenvalue weighted by atomic mass is 10.0. The maximum absolute atomic E-state index is 10.6. The number of hydrogen-bond acceptors (Lipinski definition) is 1. The Morgan fingerprint density at radius 3 is 2.24 bits per heavy atom. The molecule has 0 radical (unpaired) electrons. The molecule has 1 N–H and O–H groups in total. The molecule has 2 heteroatoms. The van der Waals surface area contributed by atoms with E-state index in [-0.39, 0.29) is 0 Å². The van der Waals surface area contributed by atoms with Crippen LogP contribution in [0.15, 0.2) is 54.6 Å². The molecule has 0 aromatic heterocycles. The number of benzene rings is 3. The molecule has 2 nitrogen and oxygen atoms in total. The van der Waals surface area contributed by atoms with Gasteiger partial charge in [0.1, 0.15) is 0 Å². The van der Waals surface area contributed by atoms with E-state index in [9.17, 15) is 4.79 Å². The van der Waals surface area contributed by atoms with Crippen molar-refractivity contribution in [2.75, 3.05) is 5.32 Å². The second-order valence-corrected chi connectivity index (χ2v) is 3.95. The van der Waals surface area contributed by atoms with E-state index in [1.54, 1.807) is 0 Å². The van der Waals surface area contributed by atoms with Crippen LogP contribution in [-0.4, -0.2) is 6.41 Å². The first-order valence-electron chi connectivity index (χ1n) is 5.51. The van der Waals surface area contributed by atoms with Gasteiger partial charge >= 0.3 is 0 Å². The third-order valence-corrected chi connectivity index (χ3v) is 2.98. The van der Waals surface area contributed by atoms with Gasteiger partial charge in [-0.05, 0) is 22.2 Å². The zero-order valence-electron chi connectivity index (χ0n) is 9.18. The van der Waals surface area contributed by atoms with Crippen molar-refractivity contribution in [3.8, 4) is 0 Å². The fourth-order valence-corrected chi connectivity index (χ4v) is 2.24. The van der Waals surface area contributed by atoms with Crippen molar-refractivity contribution in [1.82, 2.24) is 0 Å². The Bertz CT molecular complexity index is 703. The van der Waals surface area contributed by atoms with E-state index in [0.29, 0.717) is 0 Å². The number of hydrogen-bond donors (Lipinski definition) is 1. The van der Waals surface area contributed by atoms with E-state index < -0.39 is 0 Å². The number of amides is 1. The number of anilines is 1. The maximum atomic E-state index is 10.6. The summed E-state index contributed by atoms with van der Waals surface area (Å²) in [6.45, 7) is 0. The monoisotopic (exact) mass is 221 g/mol. The van der Waals surface area contributed by atoms with Crippen LogP contribution in [0.3, 0.4) is 0 Å². The van der Waals surface area contributed by atoms with Gasteiger partial charge in [-0.2, -0.15) is 0 Å². The molecule has 1 amide bonds. The zero-order valence-corrected chi connectivity index (χ0v) is 9.18. The lowest BCUT2D eigenvalue weighted by Gasteiger charge is -2.09. The SMILES string of the molecule is O=CNc1cc2ccccc2c2ccccc12. The van der Waals surface area contributed by atoms with Crippen LogP contribution in [0.25, 0.3) is 21.5 Å². The van der Waals surface area contributed by atoms with Crippen LogP contribution in [0.1, 0.15) is 0 Å². The third-order valence-electron chi connectivity index (χ3n) is 2.98. The van der Waals surface area contributed by atoms with Crippen LogP contribution in [0.4, 0.5) is 5.69 Å². The first kappa shape index (κ1) is 9.85. The van der Waals surface area contributed by atoms with Crippen LogP contribution < -0.4 is 5.32 Å². The van der Waals surface area contributed by atoms with E-state index in [4.69, 9.17) is 0 Å². The van der Waals surface area contributed by atoms with Gasteiger partial charge in [0.05, 0.1) is 0 Å². The standard InChI is InChI=1S/C15H11NO/c17-10-16-15-9-11-5-1-2-6-12(11)13-7-3-4-8-14(13)15/h1-10H,(H,16,17). The molecule has 0 atom stereocenters. The van der Waals surface area contributed by atoms with Crippen molar-refractivity contribution in [3.63, 3.8) is 0 Å². The summed E-state index contributed by atoms with van der Waals surface area (Å²) >= 11 is 0. The summed E-state index contributed by atoms with van der Waals surface area (Å²) in [7, 11) is 0. The average Bonchev–Trinajstić information content (AvgIpc) is 2.39. The smallest absolute Gasteiger partial charge is 0.211 e. The number of rotatable bonds is 2. The van der Waals surface area contributed by atoms with Crippen LogP contribution in [0, 0.1) is 0 Å². The van der Waals surface area contributed by atoms with Crippen LogP contribution in [0.5, 0.6) is 0 Å². The zero-order chi connectivity index (χ0) is 11.7. The minimum absolute atomic E-state index is 0.719. The highest BCUT2D eigenvalue weighted by atomic mass is 16.1. The molecule has 3 aromatic carbocycles. The van der Waals surface area contributed by atoms with Gasteiger partial charge in [-0.1, -0.05) is 48.5 Å². The second-order valence-electron chi connectivity index (χ2n) is 3.95. The largest absolute Gasteiger partial charge is 0.328 e. The molecule has 0 spiro atoms. The fourth-order valence-electron chi connectivity index (χ4n) is 2.24. The molecule has 0 heterocycles. The highest BCUT2D eigenvalue weighted by Gasteiger charge is 2.04. The molecule has 0 saturated heterocycles. The molecule has 0 bridgehead atoms. The summed E-state index contributed by atoms with van der Waals surface area (Å²) < 4.78 is 0. The summed E-state index contributed by atoms with van der Waals surface area (Å²) in [6.07, 6.45) is 0.719. The normalized spacial score (nSPS) is 10.6. The van der Waals surface area contributed by atoms with Gasteiger partial charge in [-0.3, -0.25) is 4.79 Å².